The number of hydrogen-bond donors (Lipinski definition) is 0. The molecule has 3 aromatic carbocycles. The predicted molar refractivity (Wildman–Crippen MR) is 143 cm³/mol. The van der Waals surface area contributed by atoms with E-state index in [2.05, 4.69) is 55.2 Å². The van der Waals surface area contributed by atoms with Gasteiger partial charge in [0.25, 0.3) is 0 Å². The first-order chi connectivity index (χ1) is 16.8. The second kappa shape index (κ2) is 10.7. The van der Waals surface area contributed by atoms with Crippen molar-refractivity contribution in [2.45, 2.75) is 38.3 Å². The number of benzene rings is 3. The fourth-order valence-corrected chi connectivity index (χ4v) is 4.73. The van der Waals surface area contributed by atoms with Gasteiger partial charge in [-0.15, -0.1) is 10.2 Å². The van der Waals surface area contributed by atoms with Crippen LogP contribution in [0.15, 0.2) is 78.0 Å². The number of ether oxygens (including phenoxy) is 1. The molecule has 0 spiro atoms. The summed E-state index contributed by atoms with van der Waals surface area (Å²) in [6.45, 7) is 9.12. The largest absolute Gasteiger partial charge is 0.494 e. The third-order valence-electron chi connectivity index (χ3n) is 5.56. The van der Waals surface area contributed by atoms with Gasteiger partial charge >= 0.3 is 0 Å². The molecular formula is C28H28ClN3O2S. The molecule has 1 aromatic heterocycles. The zero-order chi connectivity index (χ0) is 25.0. The Labute approximate surface area is 215 Å². The lowest BCUT2D eigenvalue weighted by molar-refractivity contribution is 0.102. The van der Waals surface area contributed by atoms with Crippen molar-refractivity contribution in [2.24, 2.45) is 0 Å². The second-order valence-corrected chi connectivity index (χ2v) is 10.4. The Hall–Kier alpha value is -3.09. The molecule has 0 aliphatic rings. The molecule has 5 nitrogen and oxygen atoms in total. The van der Waals surface area contributed by atoms with Crippen molar-refractivity contribution >= 4 is 29.1 Å². The van der Waals surface area contributed by atoms with Gasteiger partial charge in [-0.3, -0.25) is 9.36 Å². The molecule has 0 saturated carbocycles. The molecule has 0 saturated heterocycles. The van der Waals surface area contributed by atoms with E-state index in [9.17, 15) is 4.79 Å². The Morgan fingerprint density at radius 1 is 0.971 bits per heavy atom. The number of carbonyl (C=O) groups is 1. The number of rotatable bonds is 8. The van der Waals surface area contributed by atoms with E-state index in [1.54, 1.807) is 12.1 Å². The van der Waals surface area contributed by atoms with Crippen LogP contribution in [0.3, 0.4) is 0 Å². The minimum atomic E-state index is -0.0575. The molecule has 4 rings (SSSR count). The van der Waals surface area contributed by atoms with Crippen molar-refractivity contribution in [3.63, 3.8) is 0 Å². The van der Waals surface area contributed by atoms with Crippen LogP contribution in [-0.2, 0) is 5.41 Å². The predicted octanol–water partition coefficient (Wildman–Crippen LogP) is 7.26. The van der Waals surface area contributed by atoms with Gasteiger partial charge in [0.05, 0.1) is 17.4 Å². The van der Waals surface area contributed by atoms with Gasteiger partial charge in [0.1, 0.15) is 5.75 Å². The highest BCUT2D eigenvalue weighted by Crippen LogP contribution is 2.31. The van der Waals surface area contributed by atoms with Crippen LogP contribution in [-0.4, -0.2) is 32.9 Å². The molecule has 0 N–H and O–H groups in total. The van der Waals surface area contributed by atoms with Crippen LogP contribution < -0.4 is 4.74 Å². The van der Waals surface area contributed by atoms with Gasteiger partial charge in [-0.1, -0.05) is 80.5 Å². The van der Waals surface area contributed by atoms with Gasteiger partial charge in [0, 0.05) is 16.8 Å². The average molecular weight is 506 g/mol. The van der Waals surface area contributed by atoms with E-state index in [1.165, 1.54) is 17.3 Å². The van der Waals surface area contributed by atoms with Crippen LogP contribution in [0.25, 0.3) is 17.1 Å². The van der Waals surface area contributed by atoms with Crippen molar-refractivity contribution in [1.29, 1.82) is 0 Å². The molecule has 0 fully saturated rings. The second-order valence-electron chi connectivity index (χ2n) is 9.09. The van der Waals surface area contributed by atoms with E-state index in [-0.39, 0.29) is 17.0 Å². The number of ketones is 1. The molecule has 0 aliphatic heterocycles. The molecule has 0 unspecified atom stereocenters. The highest BCUT2D eigenvalue weighted by atomic mass is 35.5. The number of aromatic nitrogens is 3. The van der Waals surface area contributed by atoms with Crippen LogP contribution >= 0.6 is 23.4 Å². The Morgan fingerprint density at radius 2 is 1.66 bits per heavy atom. The maximum Gasteiger partial charge on any atom is 0.196 e. The van der Waals surface area contributed by atoms with Crippen molar-refractivity contribution in [1.82, 2.24) is 14.8 Å². The van der Waals surface area contributed by atoms with E-state index in [0.717, 1.165) is 17.0 Å². The molecule has 35 heavy (non-hydrogen) atoms. The van der Waals surface area contributed by atoms with Crippen LogP contribution in [0.5, 0.6) is 5.75 Å². The maximum atomic E-state index is 12.8. The fraction of sp³-hybridized carbons (Fsp3) is 0.250. The summed E-state index contributed by atoms with van der Waals surface area (Å²) < 4.78 is 7.58. The Balaban J connectivity index is 1.69. The Morgan fingerprint density at radius 3 is 2.29 bits per heavy atom. The van der Waals surface area contributed by atoms with E-state index in [0.29, 0.717) is 28.2 Å². The van der Waals surface area contributed by atoms with E-state index >= 15 is 0 Å². The lowest BCUT2D eigenvalue weighted by atomic mass is 9.87. The summed E-state index contributed by atoms with van der Waals surface area (Å²) in [7, 11) is 0. The molecule has 0 aliphatic carbocycles. The molecule has 0 atom stereocenters. The molecule has 4 aromatic rings. The van der Waals surface area contributed by atoms with Gasteiger partial charge in [-0.05, 0) is 54.3 Å². The SMILES string of the molecule is CCOc1ccc(-n2c(SCC(=O)c3ccccc3Cl)nnc2-c2ccc(C(C)(C)C)cc2)cc1. The lowest BCUT2D eigenvalue weighted by Crippen LogP contribution is -2.10. The number of halogens is 1. The van der Waals surface area contributed by atoms with E-state index in [1.807, 2.05) is 47.9 Å². The number of Topliss-reactive ketones (excluding diaryl/α,β-unsaturated/α-hetero) is 1. The van der Waals surface area contributed by atoms with Gasteiger partial charge < -0.3 is 4.74 Å². The Kier molecular flexibility index (Phi) is 7.63. The summed E-state index contributed by atoms with van der Waals surface area (Å²) in [5.41, 5.74) is 3.64. The molecular weight excluding hydrogens is 478 g/mol. The van der Waals surface area contributed by atoms with Gasteiger partial charge in [0.2, 0.25) is 0 Å². The Bertz CT molecular complexity index is 1310. The van der Waals surface area contributed by atoms with Crippen LogP contribution in [0.4, 0.5) is 0 Å². The molecule has 7 heteroatoms. The first-order valence-electron chi connectivity index (χ1n) is 11.5. The average Bonchev–Trinajstić information content (AvgIpc) is 3.27. The molecule has 0 amide bonds. The number of hydrogen-bond acceptors (Lipinski definition) is 5. The van der Waals surface area contributed by atoms with Crippen LogP contribution in [0.2, 0.25) is 5.02 Å². The quantitative estimate of drug-likeness (QED) is 0.186. The van der Waals surface area contributed by atoms with Crippen molar-refractivity contribution < 1.29 is 9.53 Å². The lowest BCUT2D eigenvalue weighted by Gasteiger charge is -2.19. The molecule has 1 heterocycles. The minimum Gasteiger partial charge on any atom is -0.494 e. The molecule has 0 bridgehead atoms. The number of nitrogens with zero attached hydrogens (tertiary/aromatic N) is 3. The van der Waals surface area contributed by atoms with Crippen molar-refractivity contribution in [3.05, 3.63) is 88.9 Å². The summed E-state index contributed by atoms with van der Waals surface area (Å²) in [5, 5.41) is 10.0. The minimum absolute atomic E-state index is 0.0569. The summed E-state index contributed by atoms with van der Waals surface area (Å²) in [6, 6.07) is 23.3. The highest BCUT2D eigenvalue weighted by molar-refractivity contribution is 7.99. The highest BCUT2D eigenvalue weighted by Gasteiger charge is 2.20. The topological polar surface area (TPSA) is 57.0 Å². The fourth-order valence-electron chi connectivity index (χ4n) is 3.66. The van der Waals surface area contributed by atoms with Gasteiger partial charge in [-0.2, -0.15) is 0 Å². The summed E-state index contributed by atoms with van der Waals surface area (Å²) >= 11 is 7.56. The summed E-state index contributed by atoms with van der Waals surface area (Å²) in [6.07, 6.45) is 0. The normalized spacial score (nSPS) is 11.5. The van der Waals surface area contributed by atoms with Crippen molar-refractivity contribution in [2.75, 3.05) is 12.4 Å². The molecule has 0 radical (unpaired) electrons. The smallest absolute Gasteiger partial charge is 0.196 e. The van der Waals surface area contributed by atoms with Gasteiger partial charge in [0.15, 0.2) is 16.8 Å². The summed E-state index contributed by atoms with van der Waals surface area (Å²) in [5.74, 6) is 1.64. The van der Waals surface area contributed by atoms with Crippen LogP contribution in [0.1, 0.15) is 43.6 Å². The summed E-state index contributed by atoms with van der Waals surface area (Å²) in [4.78, 5) is 12.8. The third-order valence-corrected chi connectivity index (χ3v) is 6.81. The third kappa shape index (κ3) is 5.77. The van der Waals surface area contributed by atoms with Gasteiger partial charge in [-0.25, -0.2) is 0 Å². The number of carbonyl (C=O) groups excluding carboxylic acids is 1. The standard InChI is InChI=1S/C28H28ClN3O2S/c1-5-34-22-16-14-21(15-17-22)32-26(19-10-12-20(13-11-19)28(2,3)4)30-31-27(32)35-18-25(33)23-8-6-7-9-24(23)29/h6-17H,5,18H2,1-4H3. The maximum absolute atomic E-state index is 12.8. The van der Waals surface area contributed by atoms with Crippen LogP contribution in [0, 0.1) is 0 Å². The molecule has 180 valence electrons. The zero-order valence-electron chi connectivity index (χ0n) is 20.3. The number of thioether (sulfide) groups is 1. The zero-order valence-corrected chi connectivity index (χ0v) is 21.9. The monoisotopic (exact) mass is 505 g/mol. The first-order valence-corrected chi connectivity index (χ1v) is 12.8. The van der Waals surface area contributed by atoms with E-state index < -0.39 is 0 Å². The van der Waals surface area contributed by atoms with Crippen molar-refractivity contribution in [3.8, 4) is 22.8 Å². The first kappa shape index (κ1) is 25.0. The van der Waals surface area contributed by atoms with E-state index in [4.69, 9.17) is 16.3 Å².